The Morgan fingerprint density at radius 3 is 2.74 bits per heavy atom. The molecule has 0 spiro atoms. The number of hydrogen-bond donors (Lipinski definition) is 1. The van der Waals surface area contributed by atoms with Gasteiger partial charge < -0.3 is 5.32 Å². The van der Waals surface area contributed by atoms with E-state index in [0.717, 1.165) is 17.1 Å². The average Bonchev–Trinajstić information content (AvgIpc) is 2.34. The summed E-state index contributed by atoms with van der Waals surface area (Å²) in [6.07, 6.45) is 1.66. The first-order valence-corrected chi connectivity index (χ1v) is 8.24. The second-order valence-electron chi connectivity index (χ2n) is 6.05. The van der Waals surface area contributed by atoms with Crippen LogP contribution in [0, 0.1) is 5.41 Å². The summed E-state index contributed by atoms with van der Waals surface area (Å²) in [5.74, 6) is 1.36. The molecular formula is C16H20NOS+. The molecule has 0 saturated carbocycles. The van der Waals surface area contributed by atoms with E-state index in [1.807, 2.05) is 0 Å². The topological polar surface area (TPSA) is 29.1 Å². The number of carbonyl (C=O) groups excluding carboxylic acids is 1. The van der Waals surface area contributed by atoms with Gasteiger partial charge in [-0.15, -0.1) is 0 Å². The Hall–Kier alpha value is -1.22. The molecule has 0 radical (unpaired) electrons. The molecule has 3 rings (SSSR count). The third kappa shape index (κ3) is 2.10. The van der Waals surface area contributed by atoms with Crippen molar-refractivity contribution in [3.05, 3.63) is 34.9 Å². The van der Waals surface area contributed by atoms with Crippen LogP contribution in [0.2, 0.25) is 0 Å². The fraction of sp³-hybridized carbons (Fsp3) is 0.438. The molecule has 1 unspecified atom stereocenters. The molecule has 1 aromatic rings. The van der Waals surface area contributed by atoms with Crippen LogP contribution in [0.4, 0.5) is 5.69 Å². The van der Waals surface area contributed by atoms with Crippen molar-refractivity contribution >= 4 is 22.4 Å². The molecule has 0 saturated heterocycles. The van der Waals surface area contributed by atoms with Crippen LogP contribution in [0.5, 0.6) is 0 Å². The molecule has 2 nitrogen and oxygen atoms in total. The highest BCUT2D eigenvalue weighted by atomic mass is 32.2. The van der Waals surface area contributed by atoms with Crippen molar-refractivity contribution < 1.29 is 4.79 Å². The van der Waals surface area contributed by atoms with Gasteiger partial charge in [0.2, 0.25) is 10.7 Å². The van der Waals surface area contributed by atoms with Crippen molar-refractivity contribution in [2.75, 3.05) is 11.1 Å². The van der Waals surface area contributed by atoms with Gasteiger partial charge in [-0.1, -0.05) is 26.0 Å². The molecule has 0 bridgehead atoms. The van der Waals surface area contributed by atoms with Gasteiger partial charge in [0.05, 0.1) is 22.3 Å². The van der Waals surface area contributed by atoms with Gasteiger partial charge in [0.25, 0.3) is 0 Å². The Kier molecular flexibility index (Phi) is 2.97. The standard InChI is InChI=1S/C16H19NOS/c1-4-19-14-8-6-5-7-11(14)17-12-9-16(2,3)10-13(18)15(12)19/h5-8H,4,9-10H2,1-3H3/p+1. The number of fused-ring (bicyclic) bond motifs is 1. The van der Waals surface area contributed by atoms with Gasteiger partial charge in [0.1, 0.15) is 5.75 Å². The van der Waals surface area contributed by atoms with Gasteiger partial charge in [-0.2, -0.15) is 0 Å². The number of nitrogens with one attached hydrogen (secondary N) is 1. The van der Waals surface area contributed by atoms with Crippen LogP contribution in [0.25, 0.3) is 0 Å². The lowest BCUT2D eigenvalue weighted by atomic mass is 9.78. The number of carbonyl (C=O) groups is 1. The van der Waals surface area contributed by atoms with Gasteiger partial charge in [0.15, 0.2) is 4.90 Å². The summed E-state index contributed by atoms with van der Waals surface area (Å²) in [4.78, 5) is 14.9. The van der Waals surface area contributed by atoms with Crippen LogP contribution < -0.4 is 5.32 Å². The van der Waals surface area contributed by atoms with Crippen LogP contribution in [0.1, 0.15) is 33.6 Å². The van der Waals surface area contributed by atoms with Crippen molar-refractivity contribution in [1.29, 1.82) is 0 Å². The van der Waals surface area contributed by atoms with Crippen LogP contribution >= 0.6 is 0 Å². The molecule has 2 aliphatic rings. The lowest BCUT2D eigenvalue weighted by molar-refractivity contribution is -0.117. The van der Waals surface area contributed by atoms with E-state index in [9.17, 15) is 4.79 Å². The molecule has 1 aromatic carbocycles. The molecule has 1 atom stereocenters. The minimum atomic E-state index is -0.0388. The quantitative estimate of drug-likeness (QED) is 0.791. The minimum Gasteiger partial charge on any atom is -0.351 e. The Labute approximate surface area is 117 Å². The largest absolute Gasteiger partial charge is 0.351 e. The molecule has 1 N–H and O–H groups in total. The van der Waals surface area contributed by atoms with Gasteiger partial charge >= 0.3 is 0 Å². The summed E-state index contributed by atoms with van der Waals surface area (Å²) in [7, 11) is -0.0388. The average molecular weight is 274 g/mol. The third-order valence-corrected chi connectivity index (χ3v) is 6.23. The van der Waals surface area contributed by atoms with Crippen LogP contribution in [0.3, 0.4) is 0 Å². The third-order valence-electron chi connectivity index (χ3n) is 3.79. The van der Waals surface area contributed by atoms with Gasteiger partial charge in [-0.05, 0) is 30.9 Å². The highest BCUT2D eigenvalue weighted by Gasteiger charge is 2.46. The van der Waals surface area contributed by atoms with Crippen molar-refractivity contribution in [2.24, 2.45) is 5.41 Å². The summed E-state index contributed by atoms with van der Waals surface area (Å²) in [6.45, 7) is 6.55. The lowest BCUT2D eigenvalue weighted by Crippen LogP contribution is -2.35. The Bertz CT molecular complexity index is 574. The normalized spacial score (nSPS) is 24.6. The maximum Gasteiger partial charge on any atom is 0.222 e. The maximum absolute atomic E-state index is 12.5. The van der Waals surface area contributed by atoms with Crippen molar-refractivity contribution in [3.63, 3.8) is 0 Å². The molecule has 1 heterocycles. The molecule has 1 aliphatic heterocycles. The second kappa shape index (κ2) is 4.41. The zero-order chi connectivity index (χ0) is 13.6. The monoisotopic (exact) mass is 274 g/mol. The molecule has 19 heavy (non-hydrogen) atoms. The number of Topliss-reactive ketones (excluding diaryl/α,β-unsaturated/α-hetero) is 1. The molecule has 0 amide bonds. The van der Waals surface area contributed by atoms with E-state index in [1.54, 1.807) is 0 Å². The summed E-state index contributed by atoms with van der Waals surface area (Å²) in [6, 6.07) is 8.41. The first-order chi connectivity index (χ1) is 9.02. The number of rotatable bonds is 1. The maximum atomic E-state index is 12.5. The first-order valence-electron chi connectivity index (χ1n) is 6.85. The van der Waals surface area contributed by atoms with E-state index in [1.165, 1.54) is 16.3 Å². The van der Waals surface area contributed by atoms with E-state index in [2.05, 4.69) is 50.4 Å². The highest BCUT2D eigenvalue weighted by molar-refractivity contribution is 8.01. The zero-order valence-electron chi connectivity index (χ0n) is 11.7. The number of ketones is 1. The van der Waals surface area contributed by atoms with E-state index >= 15 is 0 Å². The van der Waals surface area contributed by atoms with Gasteiger partial charge in [-0.3, -0.25) is 4.79 Å². The van der Waals surface area contributed by atoms with Crippen molar-refractivity contribution in [3.8, 4) is 0 Å². The van der Waals surface area contributed by atoms with Crippen LogP contribution in [-0.4, -0.2) is 11.5 Å². The van der Waals surface area contributed by atoms with E-state index in [0.29, 0.717) is 12.2 Å². The summed E-state index contributed by atoms with van der Waals surface area (Å²) >= 11 is 0. The fourth-order valence-electron chi connectivity index (χ4n) is 3.05. The van der Waals surface area contributed by atoms with Crippen LogP contribution in [0.15, 0.2) is 39.8 Å². The summed E-state index contributed by atoms with van der Waals surface area (Å²) < 4.78 is 0. The van der Waals surface area contributed by atoms with Crippen molar-refractivity contribution in [2.45, 2.75) is 38.5 Å². The van der Waals surface area contributed by atoms with E-state index in [4.69, 9.17) is 0 Å². The van der Waals surface area contributed by atoms with Crippen LogP contribution in [-0.2, 0) is 15.7 Å². The number of para-hydroxylation sites is 1. The smallest absolute Gasteiger partial charge is 0.222 e. The molecule has 3 heteroatoms. The zero-order valence-corrected chi connectivity index (χ0v) is 12.6. The SMILES string of the molecule is CC[S+]1C2=C(CC(C)(C)CC2=O)Nc2ccccc21. The predicted molar refractivity (Wildman–Crippen MR) is 81.3 cm³/mol. The molecular weight excluding hydrogens is 254 g/mol. The lowest BCUT2D eigenvalue weighted by Gasteiger charge is -2.33. The molecule has 0 aromatic heterocycles. The number of allylic oxidation sites excluding steroid dienone is 2. The molecule has 100 valence electrons. The summed E-state index contributed by atoms with van der Waals surface area (Å²) in [5.41, 5.74) is 2.44. The van der Waals surface area contributed by atoms with Crippen molar-refractivity contribution in [1.82, 2.24) is 0 Å². The fourth-order valence-corrected chi connectivity index (χ4v) is 5.26. The second-order valence-corrected chi connectivity index (χ2v) is 8.26. The Morgan fingerprint density at radius 2 is 2.00 bits per heavy atom. The number of benzene rings is 1. The first kappa shape index (κ1) is 12.8. The minimum absolute atomic E-state index is 0.0388. The predicted octanol–water partition coefficient (Wildman–Crippen LogP) is 3.71. The number of anilines is 1. The van der Waals surface area contributed by atoms with E-state index in [-0.39, 0.29) is 16.3 Å². The Balaban J connectivity index is 2.12. The van der Waals surface area contributed by atoms with E-state index < -0.39 is 0 Å². The van der Waals surface area contributed by atoms with Gasteiger partial charge in [-0.25, -0.2) is 0 Å². The number of hydrogen-bond acceptors (Lipinski definition) is 2. The Morgan fingerprint density at radius 1 is 1.26 bits per heavy atom. The highest BCUT2D eigenvalue weighted by Crippen LogP contribution is 2.45. The molecule has 0 fully saturated rings. The molecule has 1 aliphatic carbocycles. The van der Waals surface area contributed by atoms with Gasteiger partial charge in [0, 0.05) is 6.42 Å². The summed E-state index contributed by atoms with van der Waals surface area (Å²) in [5, 5.41) is 3.51.